The van der Waals surface area contributed by atoms with Gasteiger partial charge in [0.25, 0.3) is 0 Å². The quantitative estimate of drug-likeness (QED) is 0.734. The van der Waals surface area contributed by atoms with E-state index in [2.05, 4.69) is 35.0 Å². The highest BCUT2D eigenvalue weighted by molar-refractivity contribution is 5.53. The average molecular weight is 298 g/mol. The molecule has 114 valence electrons. The summed E-state index contributed by atoms with van der Waals surface area (Å²) in [6.45, 7) is 3.58. The topological polar surface area (TPSA) is 86.3 Å². The highest BCUT2D eigenvalue weighted by atomic mass is 15.2. The molecule has 0 bridgehead atoms. The Balaban J connectivity index is 1.75. The molecular weight excluding hydrogens is 280 g/mol. The molecular formula is C14H18N8. The van der Waals surface area contributed by atoms with Crippen LogP contribution in [0.25, 0.3) is 11.4 Å². The number of anilines is 1. The molecule has 0 fully saturated rings. The summed E-state index contributed by atoms with van der Waals surface area (Å²) >= 11 is 0. The van der Waals surface area contributed by atoms with Gasteiger partial charge in [-0.05, 0) is 6.92 Å². The lowest BCUT2D eigenvalue weighted by molar-refractivity contribution is 0.653. The van der Waals surface area contributed by atoms with E-state index >= 15 is 0 Å². The largest absolute Gasteiger partial charge is 0.355 e. The second-order valence-electron chi connectivity index (χ2n) is 4.88. The summed E-state index contributed by atoms with van der Waals surface area (Å²) in [5, 5.41) is 11.1. The van der Waals surface area contributed by atoms with Crippen LogP contribution in [0.5, 0.6) is 0 Å². The Morgan fingerprint density at radius 2 is 2.00 bits per heavy atom. The maximum absolute atomic E-state index is 4.40. The summed E-state index contributed by atoms with van der Waals surface area (Å²) in [6.07, 6.45) is 9.79. The highest BCUT2D eigenvalue weighted by Crippen LogP contribution is 2.16. The minimum absolute atomic E-state index is 0.628. The Morgan fingerprint density at radius 3 is 2.68 bits per heavy atom. The predicted molar refractivity (Wildman–Crippen MR) is 82.1 cm³/mol. The fourth-order valence-corrected chi connectivity index (χ4v) is 2.20. The third kappa shape index (κ3) is 2.95. The van der Waals surface area contributed by atoms with Gasteiger partial charge >= 0.3 is 0 Å². The lowest BCUT2D eigenvalue weighted by Gasteiger charge is -2.08. The van der Waals surface area contributed by atoms with E-state index in [0.717, 1.165) is 36.7 Å². The van der Waals surface area contributed by atoms with Crippen molar-refractivity contribution in [2.24, 2.45) is 7.05 Å². The molecule has 8 nitrogen and oxygen atoms in total. The highest BCUT2D eigenvalue weighted by Gasteiger charge is 2.09. The number of rotatable bonds is 6. The Kier molecular flexibility index (Phi) is 4.08. The molecule has 22 heavy (non-hydrogen) atoms. The van der Waals surface area contributed by atoms with Gasteiger partial charge in [-0.15, -0.1) is 10.2 Å². The lowest BCUT2D eigenvalue weighted by atomic mass is 10.3. The van der Waals surface area contributed by atoms with Gasteiger partial charge in [0.15, 0.2) is 0 Å². The van der Waals surface area contributed by atoms with Crippen molar-refractivity contribution in [3.63, 3.8) is 0 Å². The van der Waals surface area contributed by atoms with E-state index in [1.54, 1.807) is 24.9 Å². The number of imidazole rings is 1. The van der Waals surface area contributed by atoms with Crippen LogP contribution in [0.4, 0.5) is 5.95 Å². The van der Waals surface area contributed by atoms with Crippen LogP contribution in [0, 0.1) is 0 Å². The first kappa shape index (κ1) is 14.2. The standard InChI is InChI=1S/C14H18N8/c1-3-15-14-17-8-11(9-18-14)13-16-5-7-22(13)6-4-12-20-19-10-21(12)2/h5,7-10H,3-4,6H2,1-2H3,(H,15,17,18). The maximum atomic E-state index is 4.40. The molecule has 8 heteroatoms. The first-order chi connectivity index (χ1) is 10.8. The molecule has 0 saturated carbocycles. The number of hydrogen-bond donors (Lipinski definition) is 1. The number of hydrogen-bond acceptors (Lipinski definition) is 6. The van der Waals surface area contributed by atoms with E-state index < -0.39 is 0 Å². The van der Waals surface area contributed by atoms with Gasteiger partial charge in [0.1, 0.15) is 18.0 Å². The minimum atomic E-state index is 0.628. The zero-order chi connectivity index (χ0) is 15.4. The summed E-state index contributed by atoms with van der Waals surface area (Å²) in [6, 6.07) is 0. The third-order valence-corrected chi connectivity index (χ3v) is 3.34. The average Bonchev–Trinajstić information content (AvgIpc) is 3.15. The molecule has 0 unspecified atom stereocenters. The molecule has 0 radical (unpaired) electrons. The van der Waals surface area contributed by atoms with Crippen LogP contribution in [0.2, 0.25) is 0 Å². The fraction of sp³-hybridized carbons (Fsp3) is 0.357. The molecule has 3 aromatic heterocycles. The summed E-state index contributed by atoms with van der Waals surface area (Å²) in [4.78, 5) is 13.0. The van der Waals surface area contributed by atoms with Crippen molar-refractivity contribution >= 4 is 5.95 Å². The van der Waals surface area contributed by atoms with Crippen LogP contribution < -0.4 is 5.32 Å². The van der Waals surface area contributed by atoms with Gasteiger partial charge in [0.05, 0.1) is 5.56 Å². The van der Waals surface area contributed by atoms with Crippen molar-refractivity contribution in [2.45, 2.75) is 19.9 Å². The van der Waals surface area contributed by atoms with Crippen molar-refractivity contribution in [3.05, 3.63) is 36.9 Å². The first-order valence-corrected chi connectivity index (χ1v) is 7.18. The van der Waals surface area contributed by atoms with Crippen molar-refractivity contribution in [2.75, 3.05) is 11.9 Å². The molecule has 0 aromatic carbocycles. The van der Waals surface area contributed by atoms with Gasteiger partial charge in [0, 0.05) is 51.3 Å². The first-order valence-electron chi connectivity index (χ1n) is 7.18. The molecule has 1 N–H and O–H groups in total. The monoisotopic (exact) mass is 298 g/mol. The van der Waals surface area contributed by atoms with Crippen molar-refractivity contribution < 1.29 is 0 Å². The van der Waals surface area contributed by atoms with Gasteiger partial charge in [-0.25, -0.2) is 15.0 Å². The number of nitrogens with zero attached hydrogens (tertiary/aromatic N) is 7. The molecule has 3 aromatic rings. The Bertz CT molecular complexity index is 727. The SMILES string of the molecule is CCNc1ncc(-c2nccn2CCc2nncn2C)cn1. The molecule has 0 spiro atoms. The van der Waals surface area contributed by atoms with E-state index in [4.69, 9.17) is 0 Å². The van der Waals surface area contributed by atoms with Crippen molar-refractivity contribution in [3.8, 4) is 11.4 Å². The summed E-state index contributed by atoms with van der Waals surface area (Å²) in [7, 11) is 1.94. The summed E-state index contributed by atoms with van der Waals surface area (Å²) in [5.41, 5.74) is 0.893. The zero-order valence-corrected chi connectivity index (χ0v) is 12.6. The summed E-state index contributed by atoms with van der Waals surface area (Å²) in [5.74, 6) is 2.42. The smallest absolute Gasteiger partial charge is 0.222 e. The molecule has 0 atom stereocenters. The number of aryl methyl sites for hydroxylation is 3. The van der Waals surface area contributed by atoms with Crippen LogP contribution in [-0.4, -0.2) is 40.8 Å². The Hall–Kier alpha value is -2.77. The molecule has 3 rings (SSSR count). The van der Waals surface area contributed by atoms with Gasteiger partial charge < -0.3 is 14.5 Å². The Labute approximate surface area is 128 Å². The zero-order valence-electron chi connectivity index (χ0n) is 12.6. The van der Waals surface area contributed by atoms with Crippen molar-refractivity contribution in [1.29, 1.82) is 0 Å². The van der Waals surface area contributed by atoms with Gasteiger partial charge in [-0.3, -0.25) is 0 Å². The van der Waals surface area contributed by atoms with E-state index in [9.17, 15) is 0 Å². The van der Waals surface area contributed by atoms with Crippen LogP contribution in [0.15, 0.2) is 31.1 Å². The van der Waals surface area contributed by atoms with E-state index in [0.29, 0.717) is 5.95 Å². The van der Waals surface area contributed by atoms with Crippen LogP contribution in [0.3, 0.4) is 0 Å². The molecule has 0 aliphatic carbocycles. The molecule has 0 aliphatic heterocycles. The number of nitrogens with one attached hydrogen (secondary N) is 1. The minimum Gasteiger partial charge on any atom is -0.355 e. The second kappa shape index (κ2) is 6.33. The predicted octanol–water partition coefficient (Wildman–Crippen LogP) is 1.14. The van der Waals surface area contributed by atoms with E-state index in [1.165, 1.54) is 0 Å². The van der Waals surface area contributed by atoms with Gasteiger partial charge in [-0.2, -0.15) is 0 Å². The van der Waals surface area contributed by atoms with Crippen LogP contribution in [0.1, 0.15) is 12.7 Å². The Morgan fingerprint density at radius 1 is 1.18 bits per heavy atom. The lowest BCUT2D eigenvalue weighted by Crippen LogP contribution is -2.07. The van der Waals surface area contributed by atoms with E-state index in [-0.39, 0.29) is 0 Å². The van der Waals surface area contributed by atoms with Crippen LogP contribution >= 0.6 is 0 Å². The maximum Gasteiger partial charge on any atom is 0.222 e. The van der Waals surface area contributed by atoms with Crippen molar-refractivity contribution in [1.82, 2.24) is 34.3 Å². The van der Waals surface area contributed by atoms with E-state index in [1.807, 2.05) is 24.7 Å². The van der Waals surface area contributed by atoms with Crippen LogP contribution in [-0.2, 0) is 20.0 Å². The third-order valence-electron chi connectivity index (χ3n) is 3.34. The molecule has 3 heterocycles. The summed E-state index contributed by atoms with van der Waals surface area (Å²) < 4.78 is 3.99. The number of aromatic nitrogens is 7. The molecule has 0 saturated heterocycles. The molecule has 0 amide bonds. The van der Waals surface area contributed by atoms with Gasteiger partial charge in [-0.1, -0.05) is 0 Å². The van der Waals surface area contributed by atoms with Gasteiger partial charge in [0.2, 0.25) is 5.95 Å². The normalized spacial score (nSPS) is 10.8. The fourth-order valence-electron chi connectivity index (χ4n) is 2.20. The molecule has 0 aliphatic rings. The second-order valence-corrected chi connectivity index (χ2v) is 4.88.